The van der Waals surface area contributed by atoms with Gasteiger partial charge in [0.2, 0.25) is 0 Å². The third-order valence-electron chi connectivity index (χ3n) is 1.86. The number of nitro groups is 1. The van der Waals surface area contributed by atoms with Gasteiger partial charge in [-0.2, -0.15) is 0 Å². The Morgan fingerprint density at radius 1 is 1.37 bits per heavy atom. The summed E-state index contributed by atoms with van der Waals surface area (Å²) in [5.74, 6) is 0. The van der Waals surface area contributed by atoms with Gasteiger partial charge in [0.15, 0.2) is 0 Å². The lowest BCUT2D eigenvalue weighted by molar-refractivity contribution is -0.383. The number of ether oxygens (including phenoxy) is 1. The maximum absolute atomic E-state index is 10.8. The minimum absolute atomic E-state index is 0.0360. The van der Waals surface area contributed by atoms with Crippen molar-refractivity contribution >= 4 is 30.2 Å². The molecular formula is C10H15ClNO6P. The second kappa shape index (κ2) is 8.24. The van der Waals surface area contributed by atoms with Crippen LogP contribution < -0.4 is 5.30 Å². The average Bonchev–Trinajstić information content (AvgIpc) is 2.29. The summed E-state index contributed by atoms with van der Waals surface area (Å²) < 4.78 is 15.7. The van der Waals surface area contributed by atoms with Crippen molar-refractivity contribution in [3.63, 3.8) is 0 Å². The highest BCUT2D eigenvalue weighted by Gasteiger charge is 2.28. The summed E-state index contributed by atoms with van der Waals surface area (Å²) in [6.07, 6.45) is 0. The van der Waals surface area contributed by atoms with E-state index < -0.39 is 23.5 Å². The Labute approximate surface area is 115 Å². The van der Waals surface area contributed by atoms with Crippen LogP contribution in [-0.4, -0.2) is 27.9 Å². The number of hydrogen-bond acceptors (Lipinski definition) is 4. The molecular weight excluding hydrogens is 297 g/mol. The smallest absolute Gasteiger partial charge is 0.363 e. The number of nitro benzene ring substituents is 1. The van der Waals surface area contributed by atoms with Gasteiger partial charge in [-0.3, -0.25) is 14.7 Å². The molecule has 108 valence electrons. The number of rotatable bonds is 4. The van der Waals surface area contributed by atoms with Gasteiger partial charge in [-0.05, 0) is 26.0 Å². The first kappa shape index (κ1) is 18.0. The molecule has 0 aliphatic rings. The fourth-order valence-corrected chi connectivity index (χ4v) is 2.10. The first-order valence-corrected chi connectivity index (χ1v) is 7.30. The minimum Gasteiger partial charge on any atom is -0.382 e. The molecule has 0 unspecified atom stereocenters. The highest BCUT2D eigenvalue weighted by molar-refractivity contribution is 7.60. The van der Waals surface area contributed by atoms with Gasteiger partial charge >= 0.3 is 7.60 Å². The predicted molar refractivity (Wildman–Crippen MR) is 72.0 cm³/mol. The maximum atomic E-state index is 10.8. The van der Waals surface area contributed by atoms with Gasteiger partial charge in [0.25, 0.3) is 5.69 Å². The Bertz CT molecular complexity index is 473. The molecule has 7 nitrogen and oxygen atoms in total. The molecule has 0 fully saturated rings. The zero-order chi connectivity index (χ0) is 15.1. The number of hydrogen-bond donors (Lipinski definition) is 2. The van der Waals surface area contributed by atoms with Gasteiger partial charge < -0.3 is 14.5 Å². The molecule has 0 aliphatic heterocycles. The van der Waals surface area contributed by atoms with Crippen molar-refractivity contribution in [1.29, 1.82) is 0 Å². The van der Waals surface area contributed by atoms with Crippen LogP contribution >= 0.6 is 19.2 Å². The Morgan fingerprint density at radius 2 is 1.89 bits per heavy atom. The predicted octanol–water partition coefficient (Wildman–Crippen LogP) is 2.09. The van der Waals surface area contributed by atoms with E-state index in [-0.39, 0.29) is 5.02 Å². The molecule has 19 heavy (non-hydrogen) atoms. The Hall–Kier alpha value is -0.980. The summed E-state index contributed by atoms with van der Waals surface area (Å²) in [6, 6.07) is 3.04. The number of nitrogens with zero attached hydrogens (tertiary/aromatic N) is 1. The Morgan fingerprint density at radius 3 is 2.21 bits per heavy atom. The van der Waals surface area contributed by atoms with E-state index in [0.717, 1.165) is 25.3 Å². The normalized spacial score (nSPS) is 10.6. The summed E-state index contributed by atoms with van der Waals surface area (Å²) in [6.45, 7) is 5.67. The van der Waals surface area contributed by atoms with E-state index in [9.17, 15) is 14.7 Å². The van der Waals surface area contributed by atoms with E-state index >= 15 is 0 Å². The SMILES string of the molecule is CCOCC.O=[N+]([O-])c1ccc(Cl)cc1P(=O)(O)O. The van der Waals surface area contributed by atoms with Crippen molar-refractivity contribution in [3.8, 4) is 0 Å². The largest absolute Gasteiger partial charge is 0.382 e. The average molecular weight is 312 g/mol. The third kappa shape index (κ3) is 6.66. The molecule has 2 N–H and O–H groups in total. The Balaban J connectivity index is 0.000000555. The number of benzene rings is 1. The van der Waals surface area contributed by atoms with E-state index in [2.05, 4.69) is 0 Å². The van der Waals surface area contributed by atoms with Gasteiger partial charge in [-0.1, -0.05) is 11.6 Å². The number of halogens is 1. The second-order valence-corrected chi connectivity index (χ2v) is 5.22. The third-order valence-corrected chi connectivity index (χ3v) is 3.08. The molecule has 0 aliphatic carbocycles. The van der Waals surface area contributed by atoms with Crippen LogP contribution in [0.3, 0.4) is 0 Å². The van der Waals surface area contributed by atoms with Crippen LogP contribution in [0.2, 0.25) is 5.02 Å². The monoisotopic (exact) mass is 311 g/mol. The lowest BCUT2D eigenvalue weighted by Crippen LogP contribution is -2.10. The van der Waals surface area contributed by atoms with Crippen LogP contribution in [-0.2, 0) is 9.30 Å². The van der Waals surface area contributed by atoms with Crippen LogP contribution in [0, 0.1) is 10.1 Å². The van der Waals surface area contributed by atoms with Crippen LogP contribution in [0.1, 0.15) is 13.8 Å². The molecule has 0 aromatic heterocycles. The van der Waals surface area contributed by atoms with Crippen LogP contribution in [0.15, 0.2) is 18.2 Å². The molecule has 0 atom stereocenters. The molecule has 1 rings (SSSR count). The topological polar surface area (TPSA) is 110 Å². The molecule has 1 aromatic rings. The zero-order valence-corrected chi connectivity index (χ0v) is 12.1. The standard InChI is InChI=1S/C6H5ClNO5P.C4H10O/c7-4-1-2-5(8(9)10)6(3-4)14(11,12)13;1-3-5-4-2/h1-3H,(H2,11,12,13);3-4H2,1-2H3. The van der Waals surface area contributed by atoms with E-state index in [1.807, 2.05) is 13.8 Å². The zero-order valence-electron chi connectivity index (χ0n) is 10.4. The first-order valence-electron chi connectivity index (χ1n) is 5.31. The summed E-state index contributed by atoms with van der Waals surface area (Å²) in [7, 11) is -4.66. The van der Waals surface area contributed by atoms with Gasteiger partial charge in [0.05, 0.1) is 4.92 Å². The molecule has 0 spiro atoms. The van der Waals surface area contributed by atoms with Crippen LogP contribution in [0.5, 0.6) is 0 Å². The molecule has 0 bridgehead atoms. The van der Waals surface area contributed by atoms with Gasteiger partial charge in [-0.15, -0.1) is 0 Å². The maximum Gasteiger partial charge on any atom is 0.363 e. The van der Waals surface area contributed by atoms with E-state index in [1.165, 1.54) is 6.07 Å². The van der Waals surface area contributed by atoms with Crippen molar-refractivity contribution in [2.24, 2.45) is 0 Å². The molecule has 1 aromatic carbocycles. The lowest BCUT2D eigenvalue weighted by atomic mass is 10.3. The molecule has 9 heteroatoms. The lowest BCUT2D eigenvalue weighted by Gasteiger charge is -2.04. The van der Waals surface area contributed by atoms with Crippen molar-refractivity contribution in [3.05, 3.63) is 33.3 Å². The molecule has 0 saturated carbocycles. The fraction of sp³-hybridized carbons (Fsp3) is 0.400. The van der Waals surface area contributed by atoms with Gasteiger partial charge in [0, 0.05) is 24.3 Å². The van der Waals surface area contributed by atoms with Crippen LogP contribution in [0.25, 0.3) is 0 Å². The van der Waals surface area contributed by atoms with Gasteiger partial charge in [0.1, 0.15) is 5.30 Å². The highest BCUT2D eigenvalue weighted by atomic mass is 35.5. The molecule has 0 saturated heterocycles. The molecule has 0 amide bonds. The fourth-order valence-electron chi connectivity index (χ4n) is 1.09. The quantitative estimate of drug-likeness (QED) is 0.500. The van der Waals surface area contributed by atoms with E-state index in [4.69, 9.17) is 26.1 Å². The van der Waals surface area contributed by atoms with Crippen LogP contribution in [0.4, 0.5) is 5.69 Å². The molecule has 0 heterocycles. The second-order valence-electron chi connectivity index (χ2n) is 3.22. The van der Waals surface area contributed by atoms with E-state index in [1.54, 1.807) is 0 Å². The summed E-state index contributed by atoms with van der Waals surface area (Å²) in [5.41, 5.74) is -0.636. The van der Waals surface area contributed by atoms with Crippen molar-refractivity contribution in [2.45, 2.75) is 13.8 Å². The highest BCUT2D eigenvalue weighted by Crippen LogP contribution is 2.37. The summed E-state index contributed by atoms with van der Waals surface area (Å²) in [5, 5.41) is 9.76. The van der Waals surface area contributed by atoms with Crippen molar-refractivity contribution < 1.29 is 24.0 Å². The van der Waals surface area contributed by atoms with Gasteiger partial charge in [-0.25, -0.2) is 0 Å². The van der Waals surface area contributed by atoms with Crippen molar-refractivity contribution in [1.82, 2.24) is 0 Å². The minimum atomic E-state index is -4.66. The van der Waals surface area contributed by atoms with E-state index in [0.29, 0.717) is 0 Å². The summed E-state index contributed by atoms with van der Waals surface area (Å²) in [4.78, 5) is 27.1. The molecule has 0 radical (unpaired) electrons. The first-order chi connectivity index (χ1) is 8.73. The summed E-state index contributed by atoms with van der Waals surface area (Å²) >= 11 is 5.46. The van der Waals surface area contributed by atoms with Crippen molar-refractivity contribution in [2.75, 3.05) is 13.2 Å². The Kier molecular flexibility index (Phi) is 7.82.